The molecular formula is C26H50N4. The van der Waals surface area contributed by atoms with Gasteiger partial charge in [0, 0.05) is 56.4 Å². The maximum Gasteiger partial charge on any atom is 0.0242 e. The van der Waals surface area contributed by atoms with Crippen molar-refractivity contribution in [3.8, 4) is 0 Å². The second-order valence-corrected chi connectivity index (χ2v) is 13.3. The lowest BCUT2D eigenvalue weighted by Crippen LogP contribution is -2.53. The molecule has 30 heavy (non-hydrogen) atoms. The summed E-state index contributed by atoms with van der Waals surface area (Å²) in [7, 11) is 0. The normalized spacial score (nSPS) is 34.0. The molecule has 0 spiro atoms. The third-order valence-electron chi connectivity index (χ3n) is 8.65. The van der Waals surface area contributed by atoms with Crippen molar-refractivity contribution in [3.05, 3.63) is 0 Å². The van der Waals surface area contributed by atoms with Gasteiger partial charge in [0.2, 0.25) is 0 Å². The first-order chi connectivity index (χ1) is 14.0. The van der Waals surface area contributed by atoms with Crippen LogP contribution in [0.15, 0.2) is 0 Å². The maximum absolute atomic E-state index is 2.89. The summed E-state index contributed by atoms with van der Waals surface area (Å²) in [4.78, 5) is 11.2. The summed E-state index contributed by atoms with van der Waals surface area (Å²) in [6.07, 6.45) is 8.45. The number of hydrogen-bond donors (Lipinski definition) is 0. The van der Waals surface area contributed by atoms with E-state index in [2.05, 4.69) is 61.1 Å². The Labute approximate surface area is 187 Å². The van der Waals surface area contributed by atoms with Crippen LogP contribution in [0.5, 0.6) is 0 Å². The van der Waals surface area contributed by atoms with Gasteiger partial charge in [0.05, 0.1) is 0 Å². The second kappa shape index (κ2) is 8.65. The van der Waals surface area contributed by atoms with Gasteiger partial charge < -0.3 is 4.90 Å². The van der Waals surface area contributed by atoms with Gasteiger partial charge in [-0.3, -0.25) is 14.7 Å². The highest BCUT2D eigenvalue weighted by Gasteiger charge is 2.51. The van der Waals surface area contributed by atoms with E-state index < -0.39 is 0 Å². The van der Waals surface area contributed by atoms with E-state index in [0.29, 0.717) is 16.5 Å². The molecule has 174 valence electrons. The number of rotatable bonds is 4. The van der Waals surface area contributed by atoms with E-state index >= 15 is 0 Å². The van der Waals surface area contributed by atoms with Crippen molar-refractivity contribution in [3.63, 3.8) is 0 Å². The first-order valence-electron chi connectivity index (χ1n) is 13.0. The number of fused-ring (bicyclic) bond motifs is 1. The molecule has 4 rings (SSSR count). The first kappa shape index (κ1) is 23.0. The molecule has 0 aromatic heterocycles. The Morgan fingerprint density at radius 1 is 0.833 bits per heavy atom. The Kier molecular flexibility index (Phi) is 6.63. The molecule has 0 saturated carbocycles. The molecule has 4 heterocycles. The molecule has 0 amide bonds. The number of hydrogen-bond acceptors (Lipinski definition) is 4. The van der Waals surface area contributed by atoms with Crippen molar-refractivity contribution >= 4 is 0 Å². The third-order valence-corrected chi connectivity index (χ3v) is 8.65. The van der Waals surface area contributed by atoms with Gasteiger partial charge in [-0.25, -0.2) is 0 Å². The van der Waals surface area contributed by atoms with Gasteiger partial charge in [0.15, 0.2) is 0 Å². The Bertz CT molecular complexity index is 561. The summed E-state index contributed by atoms with van der Waals surface area (Å²) in [5, 5.41) is 0. The largest absolute Gasteiger partial charge is 0.301 e. The zero-order valence-electron chi connectivity index (χ0n) is 21.1. The van der Waals surface area contributed by atoms with Gasteiger partial charge in [0.25, 0.3) is 0 Å². The highest BCUT2D eigenvalue weighted by Crippen LogP contribution is 2.47. The fourth-order valence-electron chi connectivity index (χ4n) is 7.23. The molecule has 4 nitrogen and oxygen atoms in total. The second-order valence-electron chi connectivity index (χ2n) is 13.3. The van der Waals surface area contributed by atoms with Crippen LogP contribution in [0.3, 0.4) is 0 Å². The van der Waals surface area contributed by atoms with Crippen molar-refractivity contribution in [2.45, 2.75) is 97.2 Å². The first-order valence-corrected chi connectivity index (χ1v) is 13.0. The van der Waals surface area contributed by atoms with E-state index in [4.69, 9.17) is 0 Å². The average molecular weight is 419 g/mol. The van der Waals surface area contributed by atoms with Crippen LogP contribution in [0.1, 0.15) is 80.1 Å². The van der Waals surface area contributed by atoms with Gasteiger partial charge in [-0.05, 0) is 90.3 Å². The van der Waals surface area contributed by atoms with Gasteiger partial charge in [0.1, 0.15) is 0 Å². The smallest absolute Gasteiger partial charge is 0.0242 e. The standard InChI is InChI=1S/C26H50N4/c1-24(2,3)21-26-10-7-11-30(26)20-23(18-26)28-16-14-27(15-17-28)19-22-8-12-29(13-9-22)25(4,5)6/h22-23H,7-21H2,1-6H3/t23-,26+/m0/s1. The molecule has 0 aliphatic carbocycles. The fourth-order valence-corrected chi connectivity index (χ4v) is 7.23. The summed E-state index contributed by atoms with van der Waals surface area (Å²) in [5.41, 5.74) is 1.30. The highest BCUT2D eigenvalue weighted by atomic mass is 15.3. The Hall–Kier alpha value is -0.160. The molecule has 0 N–H and O–H groups in total. The van der Waals surface area contributed by atoms with E-state index in [9.17, 15) is 0 Å². The Balaban J connectivity index is 1.23. The molecule has 4 heteroatoms. The quantitative estimate of drug-likeness (QED) is 0.680. The fraction of sp³-hybridized carbons (Fsp3) is 1.00. The lowest BCUT2D eigenvalue weighted by atomic mass is 9.77. The molecule has 4 aliphatic rings. The summed E-state index contributed by atoms with van der Waals surface area (Å²) < 4.78 is 0. The molecule has 0 unspecified atom stereocenters. The van der Waals surface area contributed by atoms with E-state index in [0.717, 1.165) is 12.0 Å². The lowest BCUT2D eigenvalue weighted by molar-refractivity contribution is 0.0531. The van der Waals surface area contributed by atoms with E-state index in [1.165, 1.54) is 97.4 Å². The van der Waals surface area contributed by atoms with Crippen LogP contribution in [0.4, 0.5) is 0 Å². The molecule has 0 aromatic rings. The number of likely N-dealkylation sites (tertiary alicyclic amines) is 1. The van der Waals surface area contributed by atoms with Crippen LogP contribution >= 0.6 is 0 Å². The summed E-state index contributed by atoms with van der Waals surface area (Å²) >= 11 is 0. The number of piperazine rings is 1. The summed E-state index contributed by atoms with van der Waals surface area (Å²) in [6.45, 7) is 26.2. The van der Waals surface area contributed by atoms with Crippen LogP contribution in [0, 0.1) is 11.3 Å². The molecule has 0 aromatic carbocycles. The molecular weight excluding hydrogens is 368 g/mol. The molecule has 0 radical (unpaired) electrons. The number of nitrogens with zero attached hydrogens (tertiary/aromatic N) is 4. The Morgan fingerprint density at radius 2 is 1.50 bits per heavy atom. The zero-order valence-corrected chi connectivity index (χ0v) is 21.1. The van der Waals surface area contributed by atoms with Crippen molar-refractivity contribution < 1.29 is 0 Å². The molecule has 4 fully saturated rings. The van der Waals surface area contributed by atoms with Crippen LogP contribution in [-0.2, 0) is 0 Å². The molecule has 0 bridgehead atoms. The molecule has 2 atom stereocenters. The van der Waals surface area contributed by atoms with Gasteiger partial charge in [-0.1, -0.05) is 20.8 Å². The van der Waals surface area contributed by atoms with E-state index in [1.54, 1.807) is 0 Å². The van der Waals surface area contributed by atoms with Crippen molar-refractivity contribution in [2.75, 3.05) is 58.9 Å². The minimum absolute atomic E-state index is 0.344. The minimum Gasteiger partial charge on any atom is -0.301 e. The predicted molar refractivity (Wildman–Crippen MR) is 128 cm³/mol. The summed E-state index contributed by atoms with van der Waals surface area (Å²) in [5.74, 6) is 0.919. The topological polar surface area (TPSA) is 13.0 Å². The van der Waals surface area contributed by atoms with Gasteiger partial charge in [-0.15, -0.1) is 0 Å². The SMILES string of the molecule is CC(C)(C)C[C@]12CCCN1C[C@@H](N1CCN(CC3CCN(C(C)(C)C)CC3)CC1)C2. The average Bonchev–Trinajstić information content (AvgIpc) is 3.17. The minimum atomic E-state index is 0.344. The monoisotopic (exact) mass is 418 g/mol. The van der Waals surface area contributed by atoms with E-state index in [-0.39, 0.29) is 0 Å². The molecule has 4 aliphatic heterocycles. The van der Waals surface area contributed by atoms with Crippen LogP contribution in [0.25, 0.3) is 0 Å². The maximum atomic E-state index is 2.89. The number of piperidine rings is 1. The Morgan fingerprint density at radius 3 is 2.10 bits per heavy atom. The van der Waals surface area contributed by atoms with Crippen LogP contribution in [-0.4, -0.2) is 95.6 Å². The van der Waals surface area contributed by atoms with Crippen molar-refractivity contribution in [1.82, 2.24) is 19.6 Å². The zero-order chi connectivity index (χ0) is 21.6. The van der Waals surface area contributed by atoms with Gasteiger partial charge >= 0.3 is 0 Å². The lowest BCUT2D eigenvalue weighted by Gasteiger charge is -2.43. The van der Waals surface area contributed by atoms with Crippen molar-refractivity contribution in [2.24, 2.45) is 11.3 Å². The third kappa shape index (κ3) is 5.24. The van der Waals surface area contributed by atoms with Crippen LogP contribution in [0.2, 0.25) is 0 Å². The van der Waals surface area contributed by atoms with Gasteiger partial charge in [-0.2, -0.15) is 0 Å². The van der Waals surface area contributed by atoms with E-state index in [1.807, 2.05) is 0 Å². The van der Waals surface area contributed by atoms with Crippen LogP contribution < -0.4 is 0 Å². The molecule has 4 saturated heterocycles. The summed E-state index contributed by atoms with van der Waals surface area (Å²) in [6, 6.07) is 0.810. The van der Waals surface area contributed by atoms with Crippen molar-refractivity contribution in [1.29, 1.82) is 0 Å². The highest BCUT2D eigenvalue weighted by molar-refractivity contribution is 5.07. The predicted octanol–water partition coefficient (Wildman–Crippen LogP) is 4.16.